The van der Waals surface area contributed by atoms with E-state index >= 15 is 0 Å². The number of hydrogen-bond donors (Lipinski definition) is 2. The van der Waals surface area contributed by atoms with E-state index in [4.69, 9.17) is 12.2 Å². The van der Waals surface area contributed by atoms with Crippen molar-refractivity contribution in [3.05, 3.63) is 27.4 Å². The van der Waals surface area contributed by atoms with Gasteiger partial charge in [-0.25, -0.2) is 0 Å². The third-order valence-corrected chi connectivity index (χ3v) is 3.30. The Labute approximate surface area is 119 Å². The number of nitrogens with zero attached hydrogens (tertiary/aromatic N) is 1. The van der Waals surface area contributed by atoms with Crippen molar-refractivity contribution in [2.45, 2.75) is 26.4 Å². The molecule has 2 N–H and O–H groups in total. The molecule has 0 radical (unpaired) electrons. The maximum atomic E-state index is 11.8. The molecule has 1 amide bonds. The first-order valence-electron chi connectivity index (χ1n) is 5.65. The van der Waals surface area contributed by atoms with Crippen LogP contribution in [0.1, 0.15) is 13.8 Å². The zero-order valence-corrected chi connectivity index (χ0v) is 12.6. The molecule has 0 unspecified atom stereocenters. The van der Waals surface area contributed by atoms with E-state index in [1.807, 2.05) is 32.0 Å². The lowest BCUT2D eigenvalue weighted by Gasteiger charge is -2.09. The number of amides is 1. The topological polar surface area (TPSA) is 49.8 Å². The molecule has 96 valence electrons. The summed E-state index contributed by atoms with van der Waals surface area (Å²) in [6, 6.07) is 5.95. The van der Waals surface area contributed by atoms with Gasteiger partial charge in [-0.3, -0.25) is 4.79 Å². The quantitative estimate of drug-likeness (QED) is 0.851. The number of halogens is 1. The number of benzene rings is 1. The standard InChI is InChI=1S/C12H14BrN3OS/c1-7(2)14-11(17)6-16-10-4-3-8(13)5-9(10)15-12(16)18/h3-5,7H,6H2,1-2H3,(H,14,17)(H,15,18). The summed E-state index contributed by atoms with van der Waals surface area (Å²) in [6.45, 7) is 4.10. The average molecular weight is 328 g/mol. The Morgan fingerprint density at radius 2 is 2.28 bits per heavy atom. The second-order valence-electron chi connectivity index (χ2n) is 4.40. The van der Waals surface area contributed by atoms with E-state index in [0.29, 0.717) is 4.77 Å². The van der Waals surface area contributed by atoms with Crippen molar-refractivity contribution in [3.63, 3.8) is 0 Å². The van der Waals surface area contributed by atoms with Gasteiger partial charge in [-0.2, -0.15) is 0 Å². The SMILES string of the molecule is CC(C)NC(=O)Cn1c(=S)[nH]c2cc(Br)ccc21. The van der Waals surface area contributed by atoms with E-state index in [0.717, 1.165) is 15.5 Å². The number of rotatable bonds is 3. The molecular formula is C12H14BrN3OS. The monoisotopic (exact) mass is 327 g/mol. The Balaban J connectivity index is 2.36. The zero-order valence-electron chi connectivity index (χ0n) is 10.2. The molecule has 0 aliphatic heterocycles. The van der Waals surface area contributed by atoms with Crippen molar-refractivity contribution in [1.82, 2.24) is 14.9 Å². The van der Waals surface area contributed by atoms with Crippen LogP contribution >= 0.6 is 28.1 Å². The summed E-state index contributed by atoms with van der Waals surface area (Å²) in [5.41, 5.74) is 1.86. The first-order valence-corrected chi connectivity index (χ1v) is 6.85. The maximum absolute atomic E-state index is 11.8. The van der Waals surface area contributed by atoms with Crippen molar-refractivity contribution in [2.24, 2.45) is 0 Å². The van der Waals surface area contributed by atoms with E-state index in [2.05, 4.69) is 26.2 Å². The number of carbonyl (C=O) groups excluding carboxylic acids is 1. The summed E-state index contributed by atoms with van der Waals surface area (Å²) in [7, 11) is 0. The van der Waals surface area contributed by atoms with Crippen LogP contribution in [0.4, 0.5) is 0 Å². The van der Waals surface area contributed by atoms with Gasteiger partial charge < -0.3 is 14.9 Å². The molecule has 18 heavy (non-hydrogen) atoms. The van der Waals surface area contributed by atoms with E-state index in [9.17, 15) is 4.79 Å². The Hall–Kier alpha value is -1.14. The molecule has 0 aliphatic carbocycles. The highest BCUT2D eigenvalue weighted by molar-refractivity contribution is 9.10. The summed E-state index contributed by atoms with van der Waals surface area (Å²) >= 11 is 8.65. The predicted octanol–water partition coefficient (Wildman–Crippen LogP) is 2.99. The first kappa shape index (κ1) is 13.3. The first-order chi connectivity index (χ1) is 8.47. The molecule has 1 aromatic carbocycles. The van der Waals surface area contributed by atoms with Crippen LogP contribution in [0.5, 0.6) is 0 Å². The molecule has 0 aliphatic rings. The van der Waals surface area contributed by atoms with E-state index in [1.54, 1.807) is 4.57 Å². The fourth-order valence-electron chi connectivity index (χ4n) is 1.80. The van der Waals surface area contributed by atoms with Gasteiger partial charge in [0.15, 0.2) is 4.77 Å². The van der Waals surface area contributed by atoms with Crippen molar-refractivity contribution in [2.75, 3.05) is 0 Å². The maximum Gasteiger partial charge on any atom is 0.240 e. The summed E-state index contributed by atoms with van der Waals surface area (Å²) in [6.07, 6.45) is 0. The largest absolute Gasteiger partial charge is 0.352 e. The number of carbonyl (C=O) groups is 1. The van der Waals surface area contributed by atoms with Gasteiger partial charge in [0, 0.05) is 10.5 Å². The van der Waals surface area contributed by atoms with E-state index in [1.165, 1.54) is 0 Å². The molecule has 0 saturated carbocycles. The minimum absolute atomic E-state index is 0.0371. The molecule has 4 nitrogen and oxygen atoms in total. The molecule has 2 rings (SSSR count). The zero-order chi connectivity index (χ0) is 13.3. The summed E-state index contributed by atoms with van der Waals surface area (Å²) in [4.78, 5) is 14.9. The van der Waals surface area contributed by atoms with Crippen LogP contribution in [0.25, 0.3) is 11.0 Å². The molecular weight excluding hydrogens is 314 g/mol. The van der Waals surface area contributed by atoms with Gasteiger partial charge >= 0.3 is 0 Å². The van der Waals surface area contributed by atoms with Crippen molar-refractivity contribution >= 4 is 45.1 Å². The highest BCUT2D eigenvalue weighted by Gasteiger charge is 2.09. The number of fused-ring (bicyclic) bond motifs is 1. The van der Waals surface area contributed by atoms with Crippen LogP contribution < -0.4 is 5.32 Å². The van der Waals surface area contributed by atoms with Gasteiger partial charge in [0.1, 0.15) is 6.54 Å². The third-order valence-electron chi connectivity index (χ3n) is 2.49. The molecule has 0 saturated heterocycles. The fraction of sp³-hybridized carbons (Fsp3) is 0.333. The summed E-state index contributed by atoms with van der Waals surface area (Å²) in [5, 5.41) is 2.86. The number of imidazole rings is 1. The molecule has 0 fully saturated rings. The fourth-order valence-corrected chi connectivity index (χ4v) is 2.44. The summed E-state index contributed by atoms with van der Waals surface area (Å²) < 4.78 is 3.33. The van der Waals surface area contributed by atoms with E-state index in [-0.39, 0.29) is 18.5 Å². The Bertz CT molecular complexity index is 644. The lowest BCUT2D eigenvalue weighted by atomic mass is 10.3. The Kier molecular flexibility index (Phi) is 3.87. The molecule has 2 aromatic rings. The molecule has 1 heterocycles. The van der Waals surface area contributed by atoms with Gasteiger partial charge in [-0.15, -0.1) is 0 Å². The second-order valence-corrected chi connectivity index (χ2v) is 5.70. The number of H-pyrrole nitrogens is 1. The molecule has 0 bridgehead atoms. The van der Waals surface area contributed by atoms with Crippen LogP contribution in [0.15, 0.2) is 22.7 Å². The minimum Gasteiger partial charge on any atom is -0.352 e. The Morgan fingerprint density at radius 1 is 1.56 bits per heavy atom. The van der Waals surface area contributed by atoms with Crippen molar-refractivity contribution in [1.29, 1.82) is 0 Å². The normalized spacial score (nSPS) is 11.1. The Morgan fingerprint density at radius 3 is 2.94 bits per heavy atom. The second kappa shape index (κ2) is 5.24. The minimum atomic E-state index is -0.0371. The van der Waals surface area contributed by atoms with E-state index < -0.39 is 0 Å². The van der Waals surface area contributed by atoms with Gasteiger partial charge in [0.2, 0.25) is 5.91 Å². The van der Waals surface area contributed by atoms with Gasteiger partial charge in [-0.1, -0.05) is 15.9 Å². The van der Waals surface area contributed by atoms with Gasteiger partial charge in [0.25, 0.3) is 0 Å². The predicted molar refractivity (Wildman–Crippen MR) is 78.1 cm³/mol. The lowest BCUT2D eigenvalue weighted by molar-refractivity contribution is -0.122. The molecule has 0 atom stereocenters. The average Bonchev–Trinajstić information content (AvgIpc) is 2.53. The smallest absolute Gasteiger partial charge is 0.240 e. The van der Waals surface area contributed by atoms with Crippen molar-refractivity contribution < 1.29 is 4.79 Å². The van der Waals surface area contributed by atoms with Crippen molar-refractivity contribution in [3.8, 4) is 0 Å². The lowest BCUT2D eigenvalue weighted by Crippen LogP contribution is -2.33. The number of nitrogens with one attached hydrogen (secondary N) is 2. The van der Waals surface area contributed by atoms with Crippen LogP contribution in [0.3, 0.4) is 0 Å². The number of aromatic nitrogens is 2. The molecule has 0 spiro atoms. The highest BCUT2D eigenvalue weighted by atomic mass is 79.9. The summed E-state index contributed by atoms with van der Waals surface area (Å²) in [5.74, 6) is -0.0371. The van der Waals surface area contributed by atoms with Crippen LogP contribution in [-0.4, -0.2) is 21.5 Å². The third kappa shape index (κ3) is 2.81. The molecule has 6 heteroatoms. The van der Waals surface area contributed by atoms with Crippen LogP contribution in [-0.2, 0) is 11.3 Å². The van der Waals surface area contributed by atoms with Crippen LogP contribution in [0, 0.1) is 4.77 Å². The number of hydrogen-bond acceptors (Lipinski definition) is 2. The van der Waals surface area contributed by atoms with Gasteiger partial charge in [-0.05, 0) is 44.3 Å². The highest BCUT2D eigenvalue weighted by Crippen LogP contribution is 2.19. The molecule has 1 aromatic heterocycles. The van der Waals surface area contributed by atoms with Gasteiger partial charge in [0.05, 0.1) is 11.0 Å². The number of aromatic amines is 1. The van der Waals surface area contributed by atoms with Crippen LogP contribution in [0.2, 0.25) is 0 Å².